The number of hydrogen-bond donors (Lipinski definition) is 0. The largest absolute Gasteiger partial charge is 0.418 e. The molecule has 0 aliphatic rings. The van der Waals surface area contributed by atoms with Crippen molar-refractivity contribution in [3.05, 3.63) is 71.8 Å². The van der Waals surface area contributed by atoms with Crippen LogP contribution in [0.2, 0.25) is 6.04 Å². The monoisotopic (exact) mass is 268 g/mol. The van der Waals surface area contributed by atoms with Crippen LogP contribution in [0, 0.1) is 0 Å². The van der Waals surface area contributed by atoms with Crippen LogP contribution >= 0.6 is 0 Å². The smallest absolute Gasteiger partial charge is 0.229 e. The molecule has 19 heavy (non-hydrogen) atoms. The molecule has 2 radical (unpaired) electrons. The summed E-state index contributed by atoms with van der Waals surface area (Å²) in [7, 11) is 0.615. The summed E-state index contributed by atoms with van der Waals surface area (Å²) in [6.45, 7) is 2.87. The Balaban J connectivity index is 2.10. The van der Waals surface area contributed by atoms with Crippen molar-refractivity contribution in [3.8, 4) is 0 Å². The molecule has 0 heterocycles. The van der Waals surface area contributed by atoms with Gasteiger partial charge in [-0.05, 0) is 30.5 Å². The fraction of sp³-hybridized carbons (Fsp3) is 0.294. The molecule has 1 nitrogen and oxygen atoms in total. The minimum absolute atomic E-state index is 0.482. The summed E-state index contributed by atoms with van der Waals surface area (Å²) < 4.78 is 5.48. The van der Waals surface area contributed by atoms with E-state index in [4.69, 9.17) is 4.43 Å². The van der Waals surface area contributed by atoms with Gasteiger partial charge in [-0.25, -0.2) is 0 Å². The van der Waals surface area contributed by atoms with Gasteiger partial charge in [0.2, 0.25) is 9.76 Å². The average Bonchev–Trinajstić information content (AvgIpc) is 2.49. The highest BCUT2D eigenvalue weighted by atomic mass is 28.2. The SMILES string of the molecule is CCO[Si]CCC(c1ccccc1)c1ccccc1. The van der Waals surface area contributed by atoms with Crippen molar-refractivity contribution in [1.82, 2.24) is 0 Å². The van der Waals surface area contributed by atoms with Gasteiger partial charge < -0.3 is 4.43 Å². The summed E-state index contributed by atoms with van der Waals surface area (Å²) >= 11 is 0. The van der Waals surface area contributed by atoms with Gasteiger partial charge >= 0.3 is 0 Å². The zero-order valence-corrected chi connectivity index (χ0v) is 12.4. The van der Waals surface area contributed by atoms with E-state index in [0.717, 1.165) is 19.1 Å². The van der Waals surface area contributed by atoms with E-state index < -0.39 is 0 Å². The van der Waals surface area contributed by atoms with Gasteiger partial charge in [0.15, 0.2) is 0 Å². The Labute approximate surface area is 118 Å². The Morgan fingerprint density at radius 1 is 0.895 bits per heavy atom. The summed E-state index contributed by atoms with van der Waals surface area (Å²) in [6.07, 6.45) is 1.15. The fourth-order valence-electron chi connectivity index (χ4n) is 2.27. The second-order valence-corrected chi connectivity index (χ2v) is 5.57. The van der Waals surface area contributed by atoms with Crippen LogP contribution in [0.4, 0.5) is 0 Å². The molecular formula is C17H20OSi. The summed E-state index contributed by atoms with van der Waals surface area (Å²) in [5, 5.41) is 0. The molecule has 98 valence electrons. The molecule has 2 rings (SSSR count). The van der Waals surface area contributed by atoms with Crippen LogP contribution in [0.15, 0.2) is 60.7 Å². The lowest BCUT2D eigenvalue weighted by molar-refractivity contribution is 0.358. The Kier molecular flexibility index (Phi) is 5.85. The van der Waals surface area contributed by atoms with Crippen molar-refractivity contribution < 1.29 is 4.43 Å². The lowest BCUT2D eigenvalue weighted by Crippen LogP contribution is -2.05. The molecular weight excluding hydrogens is 248 g/mol. The van der Waals surface area contributed by atoms with Crippen molar-refractivity contribution >= 4 is 9.76 Å². The van der Waals surface area contributed by atoms with Crippen LogP contribution in [0.1, 0.15) is 30.4 Å². The third-order valence-electron chi connectivity index (χ3n) is 3.19. The Bertz CT molecular complexity index is 416. The van der Waals surface area contributed by atoms with Crippen LogP contribution in [0.25, 0.3) is 0 Å². The maximum Gasteiger partial charge on any atom is 0.229 e. The van der Waals surface area contributed by atoms with Gasteiger partial charge in [-0.15, -0.1) is 0 Å². The van der Waals surface area contributed by atoms with Crippen LogP contribution in [-0.2, 0) is 4.43 Å². The van der Waals surface area contributed by atoms with Crippen molar-refractivity contribution in [2.45, 2.75) is 25.3 Å². The molecule has 0 unspecified atom stereocenters. The third-order valence-corrected chi connectivity index (χ3v) is 4.17. The topological polar surface area (TPSA) is 9.23 Å². The molecule has 2 aromatic rings. The fourth-order valence-corrected chi connectivity index (χ4v) is 3.03. The van der Waals surface area contributed by atoms with E-state index in [9.17, 15) is 0 Å². The second-order valence-electron chi connectivity index (χ2n) is 4.49. The molecule has 0 spiro atoms. The first-order valence-corrected chi connectivity index (χ1v) is 7.98. The molecule has 0 atom stereocenters. The quantitative estimate of drug-likeness (QED) is 0.538. The standard InChI is InChI=1S/C17H20OSi/c1-2-18-19-14-13-17(15-9-5-3-6-10-15)16-11-7-4-8-12-16/h3-12,17H,2,13-14H2,1H3. The van der Waals surface area contributed by atoms with Gasteiger partial charge in [-0.1, -0.05) is 60.7 Å². The van der Waals surface area contributed by atoms with Gasteiger partial charge in [0.05, 0.1) is 0 Å². The molecule has 2 heteroatoms. The predicted octanol–water partition coefficient (Wildman–Crippen LogP) is 4.28. The second kappa shape index (κ2) is 7.92. The number of benzene rings is 2. The highest BCUT2D eigenvalue weighted by Crippen LogP contribution is 2.28. The Morgan fingerprint density at radius 3 is 1.89 bits per heavy atom. The summed E-state index contributed by atoms with van der Waals surface area (Å²) in [6, 6.07) is 22.7. The van der Waals surface area contributed by atoms with Crippen molar-refractivity contribution in [1.29, 1.82) is 0 Å². The third kappa shape index (κ3) is 4.34. The first-order chi connectivity index (χ1) is 9.42. The van der Waals surface area contributed by atoms with Crippen molar-refractivity contribution in [3.63, 3.8) is 0 Å². The lowest BCUT2D eigenvalue weighted by Gasteiger charge is -2.17. The molecule has 0 aromatic heterocycles. The van der Waals surface area contributed by atoms with E-state index in [1.165, 1.54) is 11.1 Å². The maximum absolute atomic E-state index is 5.48. The van der Waals surface area contributed by atoms with E-state index in [1.807, 2.05) is 0 Å². The molecule has 0 amide bonds. The molecule has 2 aromatic carbocycles. The highest BCUT2D eigenvalue weighted by molar-refractivity contribution is 6.27. The minimum atomic E-state index is 0.482. The molecule has 0 bridgehead atoms. The van der Waals surface area contributed by atoms with Gasteiger partial charge in [-0.3, -0.25) is 0 Å². The average molecular weight is 268 g/mol. The van der Waals surface area contributed by atoms with Crippen LogP contribution in [0.5, 0.6) is 0 Å². The normalized spacial score (nSPS) is 10.8. The first kappa shape index (κ1) is 14.0. The van der Waals surface area contributed by atoms with Crippen molar-refractivity contribution in [2.24, 2.45) is 0 Å². The number of rotatable bonds is 7. The summed E-state index contributed by atoms with van der Waals surface area (Å²) in [5.41, 5.74) is 2.80. The van der Waals surface area contributed by atoms with Crippen LogP contribution in [0.3, 0.4) is 0 Å². The van der Waals surface area contributed by atoms with Gasteiger partial charge in [-0.2, -0.15) is 0 Å². The van der Waals surface area contributed by atoms with E-state index in [1.54, 1.807) is 0 Å². The highest BCUT2D eigenvalue weighted by Gasteiger charge is 2.13. The lowest BCUT2D eigenvalue weighted by atomic mass is 9.89. The Hall–Kier alpha value is -1.38. The van der Waals surface area contributed by atoms with Crippen LogP contribution < -0.4 is 0 Å². The van der Waals surface area contributed by atoms with E-state index in [0.29, 0.717) is 15.7 Å². The molecule has 0 saturated carbocycles. The van der Waals surface area contributed by atoms with Gasteiger partial charge in [0.25, 0.3) is 0 Å². The molecule has 0 aliphatic heterocycles. The number of hydrogen-bond acceptors (Lipinski definition) is 1. The van der Waals surface area contributed by atoms with E-state index in [2.05, 4.69) is 67.6 Å². The summed E-state index contributed by atoms with van der Waals surface area (Å²) in [5.74, 6) is 0.482. The zero-order chi connectivity index (χ0) is 13.3. The molecule has 0 fully saturated rings. The predicted molar refractivity (Wildman–Crippen MR) is 81.5 cm³/mol. The maximum atomic E-state index is 5.48. The summed E-state index contributed by atoms with van der Waals surface area (Å²) in [4.78, 5) is 0. The molecule has 0 aliphatic carbocycles. The van der Waals surface area contributed by atoms with Crippen LogP contribution in [-0.4, -0.2) is 16.4 Å². The van der Waals surface area contributed by atoms with E-state index in [-0.39, 0.29) is 0 Å². The molecule has 0 saturated heterocycles. The first-order valence-electron chi connectivity index (χ1n) is 6.86. The molecule has 0 N–H and O–H groups in total. The zero-order valence-electron chi connectivity index (χ0n) is 11.4. The van der Waals surface area contributed by atoms with Crippen molar-refractivity contribution in [2.75, 3.05) is 6.61 Å². The van der Waals surface area contributed by atoms with Gasteiger partial charge in [0, 0.05) is 12.5 Å². The minimum Gasteiger partial charge on any atom is -0.418 e. The van der Waals surface area contributed by atoms with E-state index >= 15 is 0 Å². The van der Waals surface area contributed by atoms with Gasteiger partial charge in [0.1, 0.15) is 0 Å². The Morgan fingerprint density at radius 2 is 1.42 bits per heavy atom.